The number of carbonyl (C=O) groups excluding carboxylic acids is 1. The second kappa shape index (κ2) is 8.46. The Hall–Kier alpha value is -2.67. The van der Waals surface area contributed by atoms with Gasteiger partial charge in [0, 0.05) is 12.1 Å². The van der Waals surface area contributed by atoms with Gasteiger partial charge in [0.05, 0.1) is 4.90 Å². The van der Waals surface area contributed by atoms with Crippen LogP contribution in [0.5, 0.6) is 0 Å². The summed E-state index contributed by atoms with van der Waals surface area (Å²) in [6, 6.07) is 10.4. The molecule has 166 valence electrons. The third kappa shape index (κ3) is 4.98. The fourth-order valence-corrected chi connectivity index (χ4v) is 5.00. The third-order valence-corrected chi connectivity index (χ3v) is 7.00. The van der Waals surface area contributed by atoms with Crippen molar-refractivity contribution in [2.75, 3.05) is 6.54 Å². The number of aryl methyl sites for hydroxylation is 2. The van der Waals surface area contributed by atoms with E-state index in [1.807, 2.05) is 0 Å². The van der Waals surface area contributed by atoms with Crippen LogP contribution in [-0.2, 0) is 26.7 Å². The van der Waals surface area contributed by atoms with Crippen LogP contribution in [0.1, 0.15) is 55.5 Å². The molecule has 6 nitrogen and oxygen atoms in total. The Morgan fingerprint density at radius 2 is 1.74 bits per heavy atom. The van der Waals surface area contributed by atoms with E-state index in [0.717, 1.165) is 6.42 Å². The van der Waals surface area contributed by atoms with E-state index >= 15 is 0 Å². The molecular weight excluding hydrogens is 410 g/mol. The summed E-state index contributed by atoms with van der Waals surface area (Å²) >= 11 is 0. The zero-order valence-electron chi connectivity index (χ0n) is 19.0. The van der Waals surface area contributed by atoms with Crippen LogP contribution in [0.15, 0.2) is 46.3 Å². The third-order valence-electron chi connectivity index (χ3n) is 5.60. The van der Waals surface area contributed by atoms with E-state index in [0.29, 0.717) is 12.1 Å². The van der Waals surface area contributed by atoms with Crippen molar-refractivity contribution in [2.24, 2.45) is 4.99 Å². The van der Waals surface area contributed by atoms with Gasteiger partial charge in [-0.25, -0.2) is 8.42 Å². The fourth-order valence-electron chi connectivity index (χ4n) is 3.76. The number of carbonyl (C=O) groups is 1. The summed E-state index contributed by atoms with van der Waals surface area (Å²) in [4.78, 5) is 17.1. The van der Waals surface area contributed by atoms with Crippen molar-refractivity contribution >= 4 is 21.8 Å². The summed E-state index contributed by atoms with van der Waals surface area (Å²) < 4.78 is 26.8. The summed E-state index contributed by atoms with van der Waals surface area (Å²) in [5, 5.41) is 2.93. The minimum absolute atomic E-state index is 0.0945. The van der Waals surface area contributed by atoms with E-state index in [4.69, 9.17) is 0 Å². The lowest BCUT2D eigenvalue weighted by Gasteiger charge is -2.22. The number of nitrogens with one attached hydrogen (secondary N) is 2. The van der Waals surface area contributed by atoms with Crippen LogP contribution < -0.4 is 10.0 Å². The molecule has 1 aliphatic heterocycles. The van der Waals surface area contributed by atoms with Crippen LogP contribution in [0.25, 0.3) is 0 Å². The van der Waals surface area contributed by atoms with Crippen LogP contribution >= 0.6 is 0 Å². The number of fused-ring (bicyclic) bond motifs is 1. The molecule has 0 aromatic heterocycles. The maximum absolute atomic E-state index is 12.6. The first-order valence-corrected chi connectivity index (χ1v) is 12.0. The maximum Gasteiger partial charge on any atom is 0.263 e. The van der Waals surface area contributed by atoms with Crippen molar-refractivity contribution in [3.05, 3.63) is 64.2 Å². The Bertz CT molecular complexity index is 1120. The molecule has 3 rings (SSSR count). The molecule has 0 radical (unpaired) electrons. The summed E-state index contributed by atoms with van der Waals surface area (Å²) in [6.07, 6.45) is 0.729. The number of sulfonamides is 1. The van der Waals surface area contributed by atoms with Gasteiger partial charge in [0.25, 0.3) is 10.0 Å². The zero-order valence-corrected chi connectivity index (χ0v) is 19.9. The lowest BCUT2D eigenvalue weighted by atomic mass is 9.83. The van der Waals surface area contributed by atoms with Gasteiger partial charge in [0.2, 0.25) is 5.91 Å². The first-order chi connectivity index (χ1) is 14.4. The average Bonchev–Trinajstić information content (AvgIpc) is 2.93. The number of aliphatic imine (C=N–C) groups is 1. The minimum atomic E-state index is -3.62. The quantitative estimate of drug-likeness (QED) is 0.746. The van der Waals surface area contributed by atoms with Crippen molar-refractivity contribution < 1.29 is 13.2 Å². The topological polar surface area (TPSA) is 87.6 Å². The molecule has 0 saturated heterocycles. The molecule has 1 heterocycles. The molecule has 0 spiro atoms. The van der Waals surface area contributed by atoms with Crippen LogP contribution in [-0.4, -0.2) is 32.7 Å². The van der Waals surface area contributed by atoms with Gasteiger partial charge < -0.3 is 5.32 Å². The number of hydrogen-bond acceptors (Lipinski definition) is 4. The molecule has 2 aromatic rings. The van der Waals surface area contributed by atoms with Crippen LogP contribution in [0.3, 0.4) is 0 Å². The lowest BCUT2D eigenvalue weighted by Crippen LogP contribution is -2.35. The average molecular weight is 442 g/mol. The largest absolute Gasteiger partial charge is 0.354 e. The van der Waals surface area contributed by atoms with Crippen LogP contribution in [0, 0.1) is 13.8 Å². The molecule has 2 N–H and O–H groups in total. The number of amides is 1. The van der Waals surface area contributed by atoms with Gasteiger partial charge in [-0.3, -0.25) is 14.5 Å². The van der Waals surface area contributed by atoms with Gasteiger partial charge in [-0.05, 0) is 67.0 Å². The zero-order chi connectivity index (χ0) is 23.0. The van der Waals surface area contributed by atoms with E-state index in [1.54, 1.807) is 25.1 Å². The van der Waals surface area contributed by atoms with Crippen molar-refractivity contribution in [2.45, 2.75) is 64.3 Å². The van der Waals surface area contributed by atoms with Gasteiger partial charge in [0.1, 0.15) is 11.9 Å². The summed E-state index contributed by atoms with van der Waals surface area (Å²) in [5.74, 6) is -0.0274. The number of benzene rings is 2. The minimum Gasteiger partial charge on any atom is -0.354 e. The van der Waals surface area contributed by atoms with Gasteiger partial charge in [-0.2, -0.15) is 0 Å². The van der Waals surface area contributed by atoms with E-state index < -0.39 is 16.1 Å². The fraction of sp³-hybridized carbons (Fsp3) is 0.417. The SMILES string of the molecule is Cc1cc(C(C)(C)C)cc(C)c1CCNC(=O)[C@H](C)N=C1NS(=O)(=O)c2ccccc21. The molecule has 0 saturated carbocycles. The highest BCUT2D eigenvalue weighted by Gasteiger charge is 2.31. The summed E-state index contributed by atoms with van der Waals surface area (Å²) in [5.41, 5.74) is 5.59. The molecule has 1 atom stereocenters. The van der Waals surface area contributed by atoms with E-state index in [9.17, 15) is 13.2 Å². The first kappa shape index (κ1) is 23.0. The van der Waals surface area contributed by atoms with E-state index in [-0.39, 0.29) is 22.1 Å². The molecule has 1 amide bonds. The molecular formula is C24H31N3O3S. The summed E-state index contributed by atoms with van der Waals surface area (Å²) in [6.45, 7) is 13.0. The van der Waals surface area contributed by atoms with Crippen molar-refractivity contribution in [3.8, 4) is 0 Å². The maximum atomic E-state index is 12.6. The lowest BCUT2D eigenvalue weighted by molar-refractivity contribution is -0.121. The molecule has 0 bridgehead atoms. The molecule has 0 fully saturated rings. The van der Waals surface area contributed by atoms with E-state index in [2.05, 4.69) is 61.8 Å². The van der Waals surface area contributed by atoms with Crippen LogP contribution in [0.4, 0.5) is 0 Å². The highest BCUT2D eigenvalue weighted by atomic mass is 32.2. The first-order valence-electron chi connectivity index (χ1n) is 10.5. The molecule has 2 aromatic carbocycles. The van der Waals surface area contributed by atoms with Crippen molar-refractivity contribution in [1.29, 1.82) is 0 Å². The van der Waals surface area contributed by atoms with Crippen molar-refractivity contribution in [3.63, 3.8) is 0 Å². The smallest absolute Gasteiger partial charge is 0.263 e. The second-order valence-electron chi connectivity index (χ2n) is 9.13. The normalized spacial score (nSPS) is 17.2. The second-order valence-corrected chi connectivity index (χ2v) is 10.8. The van der Waals surface area contributed by atoms with Crippen molar-refractivity contribution in [1.82, 2.24) is 10.0 Å². The number of nitrogens with zero attached hydrogens (tertiary/aromatic N) is 1. The standard InChI is InChI=1S/C24H31N3O3S/c1-15-13-18(24(4,5)6)14-16(2)19(15)11-12-25-23(28)17(3)26-22-20-9-7-8-10-21(20)31(29,30)27-22/h7-10,13-14,17H,11-12H2,1-6H3,(H,25,28)(H,26,27)/t17-/m0/s1. The van der Waals surface area contributed by atoms with Gasteiger partial charge in [0.15, 0.2) is 0 Å². The van der Waals surface area contributed by atoms with Crippen LogP contribution in [0.2, 0.25) is 0 Å². The van der Waals surface area contributed by atoms with E-state index in [1.165, 1.54) is 28.3 Å². The molecule has 0 aliphatic carbocycles. The Balaban J connectivity index is 1.65. The molecule has 7 heteroatoms. The molecule has 1 aliphatic rings. The molecule has 31 heavy (non-hydrogen) atoms. The Morgan fingerprint density at radius 1 is 1.13 bits per heavy atom. The number of hydrogen-bond donors (Lipinski definition) is 2. The van der Waals surface area contributed by atoms with Gasteiger partial charge >= 0.3 is 0 Å². The number of amidine groups is 1. The molecule has 0 unspecified atom stereocenters. The predicted molar refractivity (Wildman–Crippen MR) is 124 cm³/mol. The Morgan fingerprint density at radius 3 is 2.35 bits per heavy atom. The monoisotopic (exact) mass is 441 g/mol. The Kier molecular flexibility index (Phi) is 6.28. The van der Waals surface area contributed by atoms with Gasteiger partial charge in [-0.1, -0.05) is 45.0 Å². The summed E-state index contributed by atoms with van der Waals surface area (Å²) in [7, 11) is -3.62. The highest BCUT2D eigenvalue weighted by molar-refractivity contribution is 7.90. The predicted octanol–water partition coefficient (Wildman–Crippen LogP) is 3.39. The Labute approximate surface area is 185 Å². The highest BCUT2D eigenvalue weighted by Crippen LogP contribution is 2.27. The number of rotatable bonds is 5. The van der Waals surface area contributed by atoms with Gasteiger partial charge in [-0.15, -0.1) is 0 Å².